The summed E-state index contributed by atoms with van der Waals surface area (Å²) < 4.78 is 5.51. The van der Waals surface area contributed by atoms with Crippen LogP contribution in [-0.4, -0.2) is 23.3 Å². The lowest BCUT2D eigenvalue weighted by molar-refractivity contribution is -0.147. The molecular formula is C42H58O3. The second kappa shape index (κ2) is 17.3. The van der Waals surface area contributed by atoms with Crippen molar-refractivity contribution >= 4 is 5.97 Å². The number of aliphatic hydroxyl groups is 1. The monoisotopic (exact) mass is 610 g/mol. The first-order chi connectivity index (χ1) is 21.0. The van der Waals surface area contributed by atoms with E-state index in [1.165, 1.54) is 51.5 Å². The first-order valence-electron chi connectivity index (χ1n) is 16.3. The number of carbonyl (C=O) groups excluding carboxylic acids is 1. The van der Waals surface area contributed by atoms with Crippen LogP contribution < -0.4 is 0 Å². The normalized spacial score (nSPS) is 24.0. The Balaban J connectivity index is 1.92. The Morgan fingerprint density at radius 2 is 1.04 bits per heavy atom. The van der Waals surface area contributed by atoms with Crippen molar-refractivity contribution in [3.8, 4) is 0 Å². The van der Waals surface area contributed by atoms with Gasteiger partial charge in [-0.3, -0.25) is 4.79 Å². The molecule has 3 heteroatoms. The van der Waals surface area contributed by atoms with Crippen molar-refractivity contribution in [3.05, 3.63) is 130 Å². The maximum Gasteiger partial charge on any atom is 0.302 e. The highest BCUT2D eigenvalue weighted by molar-refractivity contribution is 5.66. The molecule has 1 N–H and O–H groups in total. The second-order valence-electron chi connectivity index (χ2n) is 14.3. The summed E-state index contributed by atoms with van der Waals surface area (Å²) in [5, 5.41) is 10.1. The zero-order valence-electron chi connectivity index (χ0n) is 29.8. The van der Waals surface area contributed by atoms with E-state index < -0.39 is 0 Å². The SMILES string of the molecule is CC(=O)O[C@@H]1CC(C)=C(C=CC(C)=CC=CC(C)=CC=CC=C(C)C=CC=C(C)C=CC2=C(C)C[C@@H](O)CC2(C)C)C(C)(C)C1. The summed E-state index contributed by atoms with van der Waals surface area (Å²) in [5.41, 5.74) is 9.95. The maximum absolute atomic E-state index is 11.4. The molecule has 0 aromatic carbocycles. The van der Waals surface area contributed by atoms with Gasteiger partial charge in [0.15, 0.2) is 0 Å². The van der Waals surface area contributed by atoms with Gasteiger partial charge in [-0.25, -0.2) is 0 Å². The van der Waals surface area contributed by atoms with E-state index in [1.54, 1.807) is 0 Å². The van der Waals surface area contributed by atoms with Gasteiger partial charge < -0.3 is 9.84 Å². The molecule has 2 aliphatic carbocycles. The molecule has 0 aromatic rings. The van der Waals surface area contributed by atoms with E-state index in [4.69, 9.17) is 4.74 Å². The molecule has 0 amide bonds. The minimum Gasteiger partial charge on any atom is -0.462 e. The number of ether oxygens (including phenoxy) is 1. The lowest BCUT2D eigenvalue weighted by Crippen LogP contribution is -2.31. The van der Waals surface area contributed by atoms with Crippen LogP contribution in [0.2, 0.25) is 0 Å². The molecule has 244 valence electrons. The number of allylic oxidation sites excluding steroid dienone is 20. The Hall–Kier alpha value is -3.43. The van der Waals surface area contributed by atoms with Crippen molar-refractivity contribution < 1.29 is 14.6 Å². The zero-order valence-corrected chi connectivity index (χ0v) is 29.8. The van der Waals surface area contributed by atoms with Crippen molar-refractivity contribution in [2.75, 3.05) is 0 Å². The van der Waals surface area contributed by atoms with Crippen LogP contribution in [0.3, 0.4) is 0 Å². The molecule has 3 nitrogen and oxygen atoms in total. The lowest BCUT2D eigenvalue weighted by atomic mass is 9.71. The molecule has 2 atom stereocenters. The topological polar surface area (TPSA) is 46.5 Å². The van der Waals surface area contributed by atoms with Crippen molar-refractivity contribution in [2.24, 2.45) is 10.8 Å². The standard InChI is InChI=1S/C42H58O3/c1-30(18-14-20-32(3)22-24-39-34(5)26-37(44)28-41(39,8)9)16-12-13-17-31(2)19-15-21-33(4)23-25-40-35(6)27-38(45-36(7)43)29-42(40,10)11/h12-25,37-38,44H,26-29H2,1-11H3/t37-,38-/m1/s1. The van der Waals surface area contributed by atoms with Gasteiger partial charge in [-0.1, -0.05) is 146 Å². The van der Waals surface area contributed by atoms with Gasteiger partial charge in [0.05, 0.1) is 6.10 Å². The van der Waals surface area contributed by atoms with Gasteiger partial charge in [0.25, 0.3) is 0 Å². The van der Waals surface area contributed by atoms with Crippen molar-refractivity contribution in [2.45, 2.75) is 114 Å². The van der Waals surface area contributed by atoms with Gasteiger partial charge in [0, 0.05) is 13.3 Å². The summed E-state index contributed by atoms with van der Waals surface area (Å²) in [7, 11) is 0. The van der Waals surface area contributed by atoms with E-state index in [-0.39, 0.29) is 29.0 Å². The van der Waals surface area contributed by atoms with Gasteiger partial charge in [0.2, 0.25) is 0 Å². The molecule has 45 heavy (non-hydrogen) atoms. The third-order valence-corrected chi connectivity index (χ3v) is 8.56. The van der Waals surface area contributed by atoms with Crippen LogP contribution >= 0.6 is 0 Å². The third-order valence-electron chi connectivity index (χ3n) is 8.56. The smallest absolute Gasteiger partial charge is 0.302 e. The van der Waals surface area contributed by atoms with Gasteiger partial charge in [-0.05, 0) is 82.8 Å². The summed E-state index contributed by atoms with van der Waals surface area (Å²) in [6.07, 6.45) is 32.8. The summed E-state index contributed by atoms with van der Waals surface area (Å²) in [4.78, 5) is 11.4. The van der Waals surface area contributed by atoms with Crippen LogP contribution in [0.5, 0.6) is 0 Å². The highest BCUT2D eigenvalue weighted by Gasteiger charge is 2.34. The van der Waals surface area contributed by atoms with Gasteiger partial charge >= 0.3 is 5.97 Å². The Morgan fingerprint density at radius 3 is 1.47 bits per heavy atom. The number of rotatable bonds is 11. The summed E-state index contributed by atoms with van der Waals surface area (Å²) in [5.74, 6) is -0.203. The first kappa shape index (κ1) is 37.8. The van der Waals surface area contributed by atoms with Crippen LogP contribution in [0, 0.1) is 10.8 Å². The number of aliphatic hydroxyl groups excluding tert-OH is 1. The highest BCUT2D eigenvalue weighted by atomic mass is 16.5. The molecule has 0 radical (unpaired) electrons. The molecule has 2 aliphatic rings. The molecule has 0 saturated carbocycles. The van der Waals surface area contributed by atoms with Crippen molar-refractivity contribution in [1.82, 2.24) is 0 Å². The van der Waals surface area contributed by atoms with E-state index in [0.29, 0.717) is 0 Å². The van der Waals surface area contributed by atoms with E-state index in [0.717, 1.165) is 25.7 Å². The first-order valence-corrected chi connectivity index (χ1v) is 16.3. The maximum atomic E-state index is 11.4. The molecule has 0 spiro atoms. The molecular weight excluding hydrogens is 552 g/mol. The van der Waals surface area contributed by atoms with Gasteiger partial charge in [0.1, 0.15) is 6.10 Å². The Labute approximate surface area is 274 Å². The molecule has 0 heterocycles. The molecule has 0 unspecified atom stereocenters. The zero-order chi connectivity index (χ0) is 33.8. The summed E-state index contributed by atoms with van der Waals surface area (Å²) >= 11 is 0. The molecule has 0 aliphatic heterocycles. The van der Waals surface area contributed by atoms with E-state index in [2.05, 4.69) is 154 Å². The number of esters is 1. The minimum absolute atomic E-state index is 0.0000674. The number of hydrogen-bond donors (Lipinski definition) is 1. The quantitative estimate of drug-likeness (QED) is 0.187. The van der Waals surface area contributed by atoms with Gasteiger partial charge in [-0.15, -0.1) is 0 Å². The molecule has 0 fully saturated rings. The van der Waals surface area contributed by atoms with E-state index >= 15 is 0 Å². The average molecular weight is 611 g/mol. The third kappa shape index (κ3) is 13.2. The minimum atomic E-state index is -0.231. The van der Waals surface area contributed by atoms with Crippen molar-refractivity contribution in [3.63, 3.8) is 0 Å². The lowest BCUT2D eigenvalue weighted by Gasteiger charge is -2.37. The van der Waals surface area contributed by atoms with Gasteiger partial charge in [-0.2, -0.15) is 0 Å². The van der Waals surface area contributed by atoms with Crippen LogP contribution in [0.15, 0.2) is 130 Å². The van der Waals surface area contributed by atoms with Crippen LogP contribution in [0.1, 0.15) is 102 Å². The van der Waals surface area contributed by atoms with Crippen LogP contribution in [-0.2, 0) is 9.53 Å². The molecule has 0 saturated heterocycles. The molecule has 2 rings (SSSR count). The van der Waals surface area contributed by atoms with E-state index in [1.807, 2.05) is 0 Å². The van der Waals surface area contributed by atoms with Crippen LogP contribution in [0.25, 0.3) is 0 Å². The number of hydrogen-bond acceptors (Lipinski definition) is 3. The average Bonchev–Trinajstić information content (AvgIpc) is 2.88. The molecule has 0 bridgehead atoms. The Morgan fingerprint density at radius 1 is 0.644 bits per heavy atom. The highest BCUT2D eigenvalue weighted by Crippen LogP contribution is 2.42. The van der Waals surface area contributed by atoms with Crippen molar-refractivity contribution in [1.29, 1.82) is 0 Å². The Bertz CT molecular complexity index is 1400. The predicted molar refractivity (Wildman–Crippen MR) is 194 cm³/mol. The fourth-order valence-corrected chi connectivity index (χ4v) is 6.42. The fraction of sp³-hybridized carbons (Fsp3) is 0.452. The fourth-order valence-electron chi connectivity index (χ4n) is 6.42. The largest absolute Gasteiger partial charge is 0.462 e. The summed E-state index contributed by atoms with van der Waals surface area (Å²) in [6.45, 7) is 23.1. The van der Waals surface area contributed by atoms with Crippen LogP contribution in [0.4, 0.5) is 0 Å². The number of carbonyl (C=O) groups is 1. The predicted octanol–water partition coefficient (Wildman–Crippen LogP) is 11.1. The Kier molecular flexibility index (Phi) is 14.5. The summed E-state index contributed by atoms with van der Waals surface area (Å²) in [6, 6.07) is 0. The van der Waals surface area contributed by atoms with E-state index in [9.17, 15) is 9.90 Å². The molecule has 0 aromatic heterocycles. The second-order valence-corrected chi connectivity index (χ2v) is 14.3.